The average molecular weight is 356 g/mol. The molecule has 1 aromatic carbocycles. The summed E-state index contributed by atoms with van der Waals surface area (Å²) in [4.78, 5) is 12.2. The summed E-state index contributed by atoms with van der Waals surface area (Å²) < 4.78 is 27.7. The van der Waals surface area contributed by atoms with E-state index in [0.29, 0.717) is 18.2 Å². The van der Waals surface area contributed by atoms with Gasteiger partial charge in [0.25, 0.3) is 0 Å². The number of carbonyl (C=O) groups excluding carboxylic acids is 1. The maximum absolute atomic E-state index is 12.7. The van der Waals surface area contributed by atoms with Crippen molar-refractivity contribution in [3.05, 3.63) is 29.3 Å². The van der Waals surface area contributed by atoms with Crippen molar-refractivity contribution in [1.29, 1.82) is 0 Å². The van der Waals surface area contributed by atoms with Crippen LogP contribution in [0.5, 0.6) is 0 Å². The third kappa shape index (κ3) is 5.49. The van der Waals surface area contributed by atoms with Gasteiger partial charge in [-0.15, -0.1) is 0 Å². The summed E-state index contributed by atoms with van der Waals surface area (Å²) in [6, 6.07) is 5.57. The molecule has 1 amide bonds. The van der Waals surface area contributed by atoms with Gasteiger partial charge in [0.1, 0.15) is 6.54 Å². The molecule has 0 fully saturated rings. The van der Waals surface area contributed by atoms with Crippen LogP contribution in [0.1, 0.15) is 31.4 Å². The van der Waals surface area contributed by atoms with E-state index in [1.54, 1.807) is 6.07 Å². The van der Waals surface area contributed by atoms with Crippen LogP contribution in [-0.2, 0) is 15.0 Å². The molecular weight excluding hydrogens is 326 g/mol. The van der Waals surface area contributed by atoms with E-state index < -0.39 is 10.2 Å². The number of benzene rings is 1. The standard InChI is InChI=1S/C17H29N3O3S/c1-13(2)9-10-18-17(21)12-20(24(22,23)19(5)6)16-11-14(3)7-8-15(16)4/h7-8,11,13H,9-10,12H2,1-6H3,(H,18,21). The zero-order chi connectivity index (χ0) is 18.5. The SMILES string of the molecule is Cc1ccc(C)c(N(CC(=O)NCCC(C)C)S(=O)(=O)N(C)C)c1. The Hall–Kier alpha value is -1.60. The smallest absolute Gasteiger partial charge is 0.304 e. The first-order valence-electron chi connectivity index (χ1n) is 8.09. The van der Waals surface area contributed by atoms with E-state index in [1.165, 1.54) is 18.4 Å². The molecule has 7 heteroatoms. The average Bonchev–Trinajstić information content (AvgIpc) is 2.46. The van der Waals surface area contributed by atoms with Crippen LogP contribution in [0, 0.1) is 19.8 Å². The van der Waals surface area contributed by atoms with Crippen molar-refractivity contribution in [3.63, 3.8) is 0 Å². The van der Waals surface area contributed by atoms with E-state index >= 15 is 0 Å². The van der Waals surface area contributed by atoms with Gasteiger partial charge in [0, 0.05) is 20.6 Å². The minimum absolute atomic E-state index is 0.233. The molecule has 0 saturated carbocycles. The lowest BCUT2D eigenvalue weighted by Gasteiger charge is -2.28. The molecule has 0 atom stereocenters. The summed E-state index contributed by atoms with van der Waals surface area (Å²) in [6.45, 7) is 8.19. The molecule has 24 heavy (non-hydrogen) atoms. The van der Waals surface area contributed by atoms with E-state index in [-0.39, 0.29) is 12.5 Å². The highest BCUT2D eigenvalue weighted by Gasteiger charge is 2.28. The van der Waals surface area contributed by atoms with Gasteiger partial charge < -0.3 is 5.32 Å². The summed E-state index contributed by atoms with van der Waals surface area (Å²) in [6.07, 6.45) is 0.857. The largest absolute Gasteiger partial charge is 0.355 e. The summed E-state index contributed by atoms with van der Waals surface area (Å²) >= 11 is 0. The van der Waals surface area contributed by atoms with Crippen LogP contribution in [0.15, 0.2) is 18.2 Å². The van der Waals surface area contributed by atoms with Gasteiger partial charge in [0.2, 0.25) is 5.91 Å². The Morgan fingerprint density at radius 1 is 1.21 bits per heavy atom. The van der Waals surface area contributed by atoms with E-state index in [4.69, 9.17) is 0 Å². The lowest BCUT2D eigenvalue weighted by molar-refractivity contribution is -0.119. The highest BCUT2D eigenvalue weighted by atomic mass is 32.2. The molecule has 1 rings (SSSR count). The van der Waals surface area contributed by atoms with Crippen LogP contribution in [0.2, 0.25) is 0 Å². The number of nitrogens with one attached hydrogen (secondary N) is 1. The highest BCUT2D eigenvalue weighted by molar-refractivity contribution is 7.90. The van der Waals surface area contributed by atoms with Gasteiger partial charge >= 0.3 is 10.2 Å². The predicted octanol–water partition coefficient (Wildman–Crippen LogP) is 2.08. The molecule has 0 bridgehead atoms. The Morgan fingerprint density at radius 2 is 1.83 bits per heavy atom. The number of hydrogen-bond acceptors (Lipinski definition) is 3. The van der Waals surface area contributed by atoms with E-state index in [0.717, 1.165) is 21.9 Å². The maximum Gasteiger partial charge on any atom is 0.304 e. The Kier molecular flexibility index (Phi) is 7.23. The fraction of sp³-hybridized carbons (Fsp3) is 0.588. The van der Waals surface area contributed by atoms with E-state index in [1.807, 2.05) is 26.0 Å². The molecule has 0 aliphatic carbocycles. The van der Waals surface area contributed by atoms with Crippen molar-refractivity contribution in [2.24, 2.45) is 5.92 Å². The van der Waals surface area contributed by atoms with Crippen LogP contribution >= 0.6 is 0 Å². The summed E-state index contributed by atoms with van der Waals surface area (Å²) in [5, 5.41) is 2.80. The van der Waals surface area contributed by atoms with Gasteiger partial charge in [0.15, 0.2) is 0 Å². The van der Waals surface area contributed by atoms with E-state index in [9.17, 15) is 13.2 Å². The van der Waals surface area contributed by atoms with Gasteiger partial charge in [-0.05, 0) is 43.4 Å². The van der Waals surface area contributed by atoms with Crippen molar-refractivity contribution in [2.45, 2.75) is 34.1 Å². The first kappa shape index (κ1) is 20.4. The molecule has 0 radical (unpaired) electrons. The van der Waals surface area contributed by atoms with Gasteiger partial charge in [-0.3, -0.25) is 4.79 Å². The fourth-order valence-corrected chi connectivity index (χ4v) is 3.28. The van der Waals surface area contributed by atoms with Crippen molar-refractivity contribution < 1.29 is 13.2 Å². The number of anilines is 1. The fourth-order valence-electron chi connectivity index (χ4n) is 2.16. The molecule has 0 heterocycles. The van der Waals surface area contributed by atoms with Crippen molar-refractivity contribution in [2.75, 3.05) is 31.5 Å². The maximum atomic E-state index is 12.7. The van der Waals surface area contributed by atoms with Gasteiger partial charge in [-0.2, -0.15) is 12.7 Å². The molecule has 6 nitrogen and oxygen atoms in total. The molecule has 0 saturated heterocycles. The van der Waals surface area contributed by atoms with Crippen molar-refractivity contribution in [3.8, 4) is 0 Å². The van der Waals surface area contributed by atoms with Crippen LogP contribution in [0.25, 0.3) is 0 Å². The summed E-state index contributed by atoms with van der Waals surface area (Å²) in [7, 11) is -0.837. The third-order valence-corrected chi connectivity index (χ3v) is 5.51. The Bertz CT molecular complexity index is 670. The molecule has 0 aromatic heterocycles. The van der Waals surface area contributed by atoms with Gasteiger partial charge in [0.05, 0.1) is 5.69 Å². The number of aryl methyl sites for hydroxylation is 2. The quantitative estimate of drug-likeness (QED) is 0.776. The summed E-state index contributed by atoms with van der Waals surface area (Å²) in [5.41, 5.74) is 2.28. The molecule has 1 N–H and O–H groups in total. The molecule has 0 unspecified atom stereocenters. The van der Waals surface area contributed by atoms with Crippen LogP contribution in [0.4, 0.5) is 5.69 Å². The Balaban J connectivity index is 3.08. The number of nitrogens with zero attached hydrogens (tertiary/aromatic N) is 2. The van der Waals surface area contributed by atoms with Crippen molar-refractivity contribution in [1.82, 2.24) is 9.62 Å². The number of amides is 1. The van der Waals surface area contributed by atoms with Crippen molar-refractivity contribution >= 4 is 21.8 Å². The van der Waals surface area contributed by atoms with Gasteiger partial charge in [-0.1, -0.05) is 26.0 Å². The first-order chi connectivity index (χ1) is 11.1. The molecule has 0 aliphatic rings. The van der Waals surface area contributed by atoms with Crippen LogP contribution in [-0.4, -0.2) is 45.8 Å². The Labute approximate surface area is 146 Å². The second-order valence-electron chi connectivity index (χ2n) is 6.62. The number of carbonyl (C=O) groups is 1. The first-order valence-corrected chi connectivity index (χ1v) is 9.49. The molecule has 0 spiro atoms. The van der Waals surface area contributed by atoms with Crippen LogP contribution < -0.4 is 9.62 Å². The topological polar surface area (TPSA) is 69.7 Å². The number of hydrogen-bond donors (Lipinski definition) is 1. The molecule has 136 valence electrons. The molecule has 1 aromatic rings. The molecular formula is C17H29N3O3S. The van der Waals surface area contributed by atoms with E-state index in [2.05, 4.69) is 19.2 Å². The lowest BCUT2D eigenvalue weighted by Crippen LogP contribution is -2.46. The van der Waals surface area contributed by atoms with Gasteiger partial charge in [-0.25, -0.2) is 4.31 Å². The zero-order valence-electron chi connectivity index (χ0n) is 15.5. The monoisotopic (exact) mass is 355 g/mol. The number of rotatable bonds is 8. The second-order valence-corrected chi connectivity index (χ2v) is 8.69. The minimum Gasteiger partial charge on any atom is -0.355 e. The normalized spacial score (nSPS) is 11.8. The minimum atomic E-state index is -3.76. The van der Waals surface area contributed by atoms with Crippen LogP contribution in [0.3, 0.4) is 0 Å². The summed E-state index contributed by atoms with van der Waals surface area (Å²) in [5.74, 6) is 0.174. The lowest BCUT2D eigenvalue weighted by atomic mass is 10.1. The zero-order valence-corrected chi connectivity index (χ0v) is 16.3. The Morgan fingerprint density at radius 3 is 2.38 bits per heavy atom. The second kappa shape index (κ2) is 8.48. The third-order valence-electron chi connectivity index (χ3n) is 3.70. The molecule has 0 aliphatic heterocycles. The highest BCUT2D eigenvalue weighted by Crippen LogP contribution is 2.25. The predicted molar refractivity (Wildman–Crippen MR) is 98.3 cm³/mol.